The number of thiol groups is 1. The van der Waals surface area contributed by atoms with E-state index in [9.17, 15) is 13.2 Å². The summed E-state index contributed by atoms with van der Waals surface area (Å²) in [6, 6.07) is 21.1. The van der Waals surface area contributed by atoms with Gasteiger partial charge in [-0.05, 0) is 55.5 Å². The number of nitrogens with zero attached hydrogens (tertiary/aromatic N) is 2. The van der Waals surface area contributed by atoms with Crippen molar-refractivity contribution in [1.29, 1.82) is 0 Å². The van der Waals surface area contributed by atoms with Crippen molar-refractivity contribution in [2.45, 2.75) is 6.92 Å². The first kappa shape index (κ1) is 22.5. The van der Waals surface area contributed by atoms with Gasteiger partial charge in [0.15, 0.2) is 5.13 Å². The first-order valence-corrected chi connectivity index (χ1v) is 12.0. The molecule has 0 fully saturated rings. The molecule has 0 aliphatic carbocycles. The van der Waals surface area contributed by atoms with E-state index < -0.39 is 16.8 Å². The van der Waals surface area contributed by atoms with Crippen molar-refractivity contribution in [3.8, 4) is 17.0 Å². The second-order valence-electron chi connectivity index (χ2n) is 7.12. The normalized spacial score (nSPS) is 10.8. The summed E-state index contributed by atoms with van der Waals surface area (Å²) in [5.41, 5.74) is 3.55. The van der Waals surface area contributed by atoms with Gasteiger partial charge in [-0.2, -0.15) is 0 Å². The molecule has 9 heteroatoms. The zero-order valence-corrected chi connectivity index (χ0v) is 19.6. The van der Waals surface area contributed by atoms with Crippen molar-refractivity contribution in [2.75, 3.05) is 16.7 Å². The monoisotopic (exact) mass is 479 g/mol. The van der Waals surface area contributed by atoms with Crippen molar-refractivity contribution in [3.05, 3.63) is 89.3 Å². The number of anilines is 3. The molecule has 0 atom stereocenters. The Morgan fingerprint density at radius 1 is 1.00 bits per heavy atom. The topological polar surface area (TPSA) is 88.6 Å². The molecule has 0 saturated carbocycles. The number of thiazole rings is 1. The van der Waals surface area contributed by atoms with Gasteiger partial charge in [0.2, 0.25) is 10.9 Å². The fraction of sp³-hybridized carbons (Fsp3) is 0.0833. The Hall–Kier alpha value is -3.69. The van der Waals surface area contributed by atoms with Gasteiger partial charge in [0.25, 0.3) is 5.91 Å². The number of methoxy groups -OCH3 is 1. The van der Waals surface area contributed by atoms with Gasteiger partial charge in [-0.1, -0.05) is 29.8 Å². The van der Waals surface area contributed by atoms with Crippen LogP contribution >= 0.6 is 11.3 Å². The number of ether oxygens (including phenoxy) is 1. The lowest BCUT2D eigenvalue weighted by Crippen LogP contribution is -2.20. The lowest BCUT2D eigenvalue weighted by molar-refractivity contribution is 0.102. The van der Waals surface area contributed by atoms with E-state index in [1.807, 2.05) is 48.7 Å². The highest BCUT2D eigenvalue weighted by molar-refractivity contribution is 7.74. The van der Waals surface area contributed by atoms with Crippen molar-refractivity contribution in [2.24, 2.45) is 0 Å². The number of benzene rings is 3. The number of aryl methyl sites for hydroxylation is 1. The molecule has 0 aliphatic heterocycles. The largest absolute Gasteiger partial charge is 0.497 e. The number of hydrogen-bond donors (Lipinski definition) is 2. The van der Waals surface area contributed by atoms with Gasteiger partial charge in [0.05, 0.1) is 29.7 Å². The maximum atomic E-state index is 13.1. The molecule has 1 aromatic heterocycles. The fourth-order valence-electron chi connectivity index (χ4n) is 3.25. The number of aromatic nitrogens is 1. The summed E-state index contributed by atoms with van der Waals surface area (Å²) in [4.78, 5) is 17.6. The predicted octanol–water partition coefficient (Wildman–Crippen LogP) is 5.04. The molecular weight excluding hydrogens is 458 g/mol. The van der Waals surface area contributed by atoms with E-state index in [0.717, 1.165) is 26.9 Å². The molecule has 0 saturated heterocycles. The minimum Gasteiger partial charge on any atom is -0.497 e. The lowest BCUT2D eigenvalue weighted by atomic mass is 10.1. The SMILES string of the molecule is COc1ccc(-c2csc(NC(=O)c3ccccc3N(c3ccc(C)cc3)[SH](=O)=O)n2)cc1. The molecule has 0 aliphatic rings. The third-order valence-electron chi connectivity index (χ3n) is 4.93. The Labute approximate surface area is 197 Å². The van der Waals surface area contributed by atoms with Gasteiger partial charge >= 0.3 is 0 Å². The molecule has 3 aromatic carbocycles. The minimum absolute atomic E-state index is 0.221. The third-order valence-corrected chi connectivity index (χ3v) is 6.46. The molecule has 4 rings (SSSR count). The molecule has 1 heterocycles. The minimum atomic E-state index is -3.03. The van der Waals surface area contributed by atoms with Crippen LogP contribution in [0.2, 0.25) is 0 Å². The van der Waals surface area contributed by atoms with Crippen molar-refractivity contribution >= 4 is 44.6 Å². The van der Waals surface area contributed by atoms with Gasteiger partial charge in [-0.25, -0.2) is 17.7 Å². The van der Waals surface area contributed by atoms with Crippen LogP contribution in [0, 0.1) is 6.92 Å². The molecule has 33 heavy (non-hydrogen) atoms. The number of carbonyl (C=O) groups is 1. The molecule has 0 spiro atoms. The van der Waals surface area contributed by atoms with Gasteiger partial charge in [-0.15, -0.1) is 11.3 Å². The van der Waals surface area contributed by atoms with Crippen LogP contribution in [0.3, 0.4) is 0 Å². The van der Waals surface area contributed by atoms with Crippen molar-refractivity contribution < 1.29 is 17.9 Å². The summed E-state index contributed by atoms with van der Waals surface area (Å²) in [6.45, 7) is 1.92. The molecular formula is C24H21N3O4S2. The van der Waals surface area contributed by atoms with Gasteiger partial charge < -0.3 is 4.74 Å². The van der Waals surface area contributed by atoms with Crippen LogP contribution < -0.4 is 14.4 Å². The maximum absolute atomic E-state index is 13.1. The van der Waals surface area contributed by atoms with Crippen LogP contribution in [-0.2, 0) is 10.9 Å². The van der Waals surface area contributed by atoms with E-state index >= 15 is 0 Å². The Kier molecular flexibility index (Phi) is 6.71. The van der Waals surface area contributed by atoms with E-state index in [-0.39, 0.29) is 11.3 Å². The second-order valence-corrected chi connectivity index (χ2v) is 8.86. The van der Waals surface area contributed by atoms with Crippen molar-refractivity contribution in [1.82, 2.24) is 4.98 Å². The quantitative estimate of drug-likeness (QED) is 0.363. The van der Waals surface area contributed by atoms with Crippen LogP contribution in [0.4, 0.5) is 16.5 Å². The molecule has 7 nitrogen and oxygen atoms in total. The number of amides is 1. The number of para-hydroxylation sites is 1. The Morgan fingerprint density at radius 2 is 1.70 bits per heavy atom. The summed E-state index contributed by atoms with van der Waals surface area (Å²) in [5, 5.41) is 5.04. The summed E-state index contributed by atoms with van der Waals surface area (Å²) in [6.07, 6.45) is 0. The molecule has 168 valence electrons. The number of hydrogen-bond acceptors (Lipinski definition) is 6. The highest BCUT2D eigenvalue weighted by Crippen LogP contribution is 2.31. The predicted molar refractivity (Wildman–Crippen MR) is 132 cm³/mol. The summed E-state index contributed by atoms with van der Waals surface area (Å²) >= 11 is 1.29. The highest BCUT2D eigenvalue weighted by Gasteiger charge is 2.20. The zero-order valence-electron chi connectivity index (χ0n) is 17.9. The summed E-state index contributed by atoms with van der Waals surface area (Å²) < 4.78 is 30.6. The molecule has 1 N–H and O–H groups in total. The molecule has 0 radical (unpaired) electrons. The van der Waals surface area contributed by atoms with Crippen LogP contribution in [0.1, 0.15) is 15.9 Å². The molecule has 1 amide bonds. The molecule has 0 unspecified atom stereocenters. The van der Waals surface area contributed by atoms with Crippen LogP contribution in [0.5, 0.6) is 5.75 Å². The Bertz CT molecular complexity index is 1340. The first-order chi connectivity index (χ1) is 16.0. The first-order valence-electron chi connectivity index (χ1n) is 9.97. The average molecular weight is 480 g/mol. The van der Waals surface area contributed by atoms with Gasteiger partial charge in [-0.3, -0.25) is 10.1 Å². The van der Waals surface area contributed by atoms with Crippen molar-refractivity contribution in [3.63, 3.8) is 0 Å². The van der Waals surface area contributed by atoms with Gasteiger partial charge in [0, 0.05) is 10.9 Å². The van der Waals surface area contributed by atoms with E-state index in [1.165, 1.54) is 11.3 Å². The highest BCUT2D eigenvalue weighted by atomic mass is 32.2. The third kappa shape index (κ3) is 5.05. The van der Waals surface area contributed by atoms with E-state index in [4.69, 9.17) is 4.74 Å². The smallest absolute Gasteiger partial charge is 0.259 e. The fourth-order valence-corrected chi connectivity index (χ4v) is 4.63. The number of carbonyl (C=O) groups excluding carboxylic acids is 1. The van der Waals surface area contributed by atoms with Gasteiger partial charge in [0.1, 0.15) is 5.75 Å². The molecule has 0 bridgehead atoms. The summed E-state index contributed by atoms with van der Waals surface area (Å²) in [5.74, 6) is 0.296. The maximum Gasteiger partial charge on any atom is 0.259 e. The van der Waals surface area contributed by atoms with E-state index in [1.54, 1.807) is 43.5 Å². The standard InChI is InChI=1S/C24H21N3O4S2/c1-16-7-11-18(12-8-16)27(33(29)30)22-6-4-3-5-20(22)23(28)26-24-25-21(15-32-24)17-9-13-19(31-2)14-10-17/h3-15,33H,1-2H3,(H,25,26,28). The lowest BCUT2D eigenvalue weighted by Gasteiger charge is -2.20. The number of rotatable bonds is 7. The summed E-state index contributed by atoms with van der Waals surface area (Å²) in [7, 11) is -1.42. The second kappa shape index (κ2) is 9.85. The molecule has 4 aromatic rings. The number of nitrogens with one attached hydrogen (secondary N) is 1. The van der Waals surface area contributed by atoms with E-state index in [2.05, 4.69) is 10.3 Å². The van der Waals surface area contributed by atoms with Crippen LogP contribution in [0.15, 0.2) is 78.2 Å². The van der Waals surface area contributed by atoms with Crippen LogP contribution in [-0.4, -0.2) is 26.4 Å². The van der Waals surface area contributed by atoms with E-state index in [0.29, 0.717) is 10.8 Å². The Balaban J connectivity index is 1.61. The Morgan fingerprint density at radius 3 is 2.36 bits per heavy atom. The van der Waals surface area contributed by atoms with Crippen LogP contribution in [0.25, 0.3) is 11.3 Å². The zero-order chi connectivity index (χ0) is 23.4. The average Bonchev–Trinajstić information content (AvgIpc) is 3.29.